The van der Waals surface area contributed by atoms with Gasteiger partial charge in [0.15, 0.2) is 0 Å². The molecule has 3 nitrogen and oxygen atoms in total. The van der Waals surface area contributed by atoms with Crippen LogP contribution in [-0.4, -0.2) is 48.0 Å². The van der Waals surface area contributed by atoms with Gasteiger partial charge in [0.1, 0.15) is 0 Å². The molecule has 2 saturated heterocycles. The van der Waals surface area contributed by atoms with E-state index in [-0.39, 0.29) is 0 Å². The summed E-state index contributed by atoms with van der Waals surface area (Å²) in [5, 5.41) is 9.11. The first-order valence-corrected chi connectivity index (χ1v) is 4.79. The monoisotopic (exact) mass is 171 g/mol. The van der Waals surface area contributed by atoms with Crippen LogP contribution in [0.4, 0.5) is 0 Å². The molecule has 0 radical (unpaired) electrons. The predicted octanol–water partition coefficient (Wildman–Crippen LogP) is 0.230. The van der Waals surface area contributed by atoms with Gasteiger partial charge < -0.3 is 9.84 Å². The maximum atomic E-state index is 9.11. The van der Waals surface area contributed by atoms with Crippen molar-refractivity contribution < 1.29 is 9.84 Å². The van der Waals surface area contributed by atoms with Gasteiger partial charge >= 0.3 is 0 Å². The maximum Gasteiger partial charge on any atom is 0.0674 e. The Hall–Kier alpha value is -0.120. The van der Waals surface area contributed by atoms with Crippen LogP contribution in [0.25, 0.3) is 0 Å². The summed E-state index contributed by atoms with van der Waals surface area (Å²) in [7, 11) is 0. The Morgan fingerprint density at radius 3 is 3.08 bits per heavy atom. The first-order chi connectivity index (χ1) is 5.81. The quantitative estimate of drug-likeness (QED) is 0.613. The van der Waals surface area contributed by atoms with Gasteiger partial charge in [-0.15, -0.1) is 0 Å². The van der Waals surface area contributed by atoms with Crippen molar-refractivity contribution in [1.82, 2.24) is 4.90 Å². The molecule has 2 heterocycles. The zero-order valence-electron chi connectivity index (χ0n) is 7.57. The molecule has 2 fully saturated rings. The fourth-order valence-corrected chi connectivity index (χ4v) is 2.31. The van der Waals surface area contributed by atoms with Crippen molar-refractivity contribution in [1.29, 1.82) is 0 Å². The minimum absolute atomic E-state index is 0.309. The van der Waals surface area contributed by atoms with E-state index in [0.717, 1.165) is 19.6 Å². The van der Waals surface area contributed by atoms with E-state index in [4.69, 9.17) is 9.84 Å². The molecule has 3 heteroatoms. The molecular weight excluding hydrogens is 154 g/mol. The molecule has 0 aliphatic carbocycles. The highest BCUT2D eigenvalue weighted by molar-refractivity contribution is 4.90. The average molecular weight is 171 g/mol. The topological polar surface area (TPSA) is 32.7 Å². The van der Waals surface area contributed by atoms with E-state index in [1.165, 1.54) is 6.42 Å². The highest BCUT2D eigenvalue weighted by atomic mass is 16.5. The van der Waals surface area contributed by atoms with Crippen molar-refractivity contribution in [2.75, 3.05) is 19.8 Å². The van der Waals surface area contributed by atoms with Crippen molar-refractivity contribution in [2.24, 2.45) is 0 Å². The van der Waals surface area contributed by atoms with Crippen molar-refractivity contribution in [3.63, 3.8) is 0 Å². The second kappa shape index (κ2) is 3.32. The number of rotatable bonds is 1. The molecule has 0 spiro atoms. The summed E-state index contributed by atoms with van der Waals surface area (Å²) in [6, 6.07) is 0.986. The van der Waals surface area contributed by atoms with Crippen molar-refractivity contribution in [3.8, 4) is 0 Å². The smallest absolute Gasteiger partial charge is 0.0674 e. The molecule has 0 aromatic carbocycles. The average Bonchev–Trinajstić information content (AvgIpc) is 2.46. The van der Waals surface area contributed by atoms with E-state index in [1.807, 2.05) is 0 Å². The van der Waals surface area contributed by atoms with Gasteiger partial charge in [0.2, 0.25) is 0 Å². The Morgan fingerprint density at radius 1 is 1.50 bits per heavy atom. The maximum absolute atomic E-state index is 9.11. The fraction of sp³-hybridized carbons (Fsp3) is 1.00. The number of fused-ring (bicyclic) bond motifs is 1. The molecule has 2 aliphatic heterocycles. The van der Waals surface area contributed by atoms with Crippen LogP contribution in [0.5, 0.6) is 0 Å². The third-order valence-corrected chi connectivity index (χ3v) is 3.02. The number of morpholine rings is 1. The van der Waals surface area contributed by atoms with Crippen LogP contribution in [0.15, 0.2) is 0 Å². The lowest BCUT2D eigenvalue weighted by Crippen LogP contribution is -2.49. The van der Waals surface area contributed by atoms with Crippen molar-refractivity contribution in [2.45, 2.75) is 38.0 Å². The third kappa shape index (κ3) is 1.37. The summed E-state index contributed by atoms with van der Waals surface area (Å²) in [5.74, 6) is 0. The SMILES string of the molecule is CC1CN2[C@H](CO)CC[C@H]2CO1. The zero-order chi connectivity index (χ0) is 8.55. The Kier molecular flexibility index (Phi) is 2.35. The minimum atomic E-state index is 0.309. The molecule has 0 aromatic heterocycles. The van der Waals surface area contributed by atoms with E-state index < -0.39 is 0 Å². The lowest BCUT2D eigenvalue weighted by atomic mass is 10.2. The molecule has 1 N–H and O–H groups in total. The fourth-order valence-electron chi connectivity index (χ4n) is 2.31. The van der Waals surface area contributed by atoms with Gasteiger partial charge in [-0.1, -0.05) is 0 Å². The second-order valence-corrected chi connectivity index (χ2v) is 3.91. The Balaban J connectivity index is 2.00. The summed E-state index contributed by atoms with van der Waals surface area (Å²) < 4.78 is 5.56. The second-order valence-electron chi connectivity index (χ2n) is 3.91. The highest BCUT2D eigenvalue weighted by Crippen LogP contribution is 2.27. The van der Waals surface area contributed by atoms with Gasteiger partial charge in [0.05, 0.1) is 19.3 Å². The first-order valence-electron chi connectivity index (χ1n) is 4.79. The van der Waals surface area contributed by atoms with Crippen LogP contribution in [0.2, 0.25) is 0 Å². The standard InChI is InChI=1S/C9H17NO2/c1-7-4-10-8(5-11)2-3-9(10)6-12-7/h7-9,11H,2-6H2,1H3/t7?,8-,9-/m0/s1. The lowest BCUT2D eigenvalue weighted by molar-refractivity contribution is -0.0565. The van der Waals surface area contributed by atoms with Crippen LogP contribution in [-0.2, 0) is 4.74 Å². The number of aliphatic hydroxyl groups is 1. The van der Waals surface area contributed by atoms with Gasteiger partial charge in [-0.3, -0.25) is 4.90 Å². The number of hydrogen-bond acceptors (Lipinski definition) is 3. The molecule has 70 valence electrons. The molecule has 2 rings (SSSR count). The molecule has 1 unspecified atom stereocenters. The molecule has 2 aliphatic rings. The highest BCUT2D eigenvalue weighted by Gasteiger charge is 2.36. The number of aliphatic hydroxyl groups excluding tert-OH is 1. The molecule has 0 bridgehead atoms. The lowest BCUT2D eigenvalue weighted by Gasteiger charge is -2.36. The summed E-state index contributed by atoms with van der Waals surface area (Å²) in [5.41, 5.74) is 0. The Labute approximate surface area is 73.3 Å². The molecule has 0 saturated carbocycles. The van der Waals surface area contributed by atoms with E-state index in [2.05, 4.69) is 11.8 Å². The molecule has 12 heavy (non-hydrogen) atoms. The van der Waals surface area contributed by atoms with Crippen molar-refractivity contribution >= 4 is 0 Å². The molecule has 3 atom stereocenters. The van der Waals surface area contributed by atoms with E-state index >= 15 is 0 Å². The number of hydrogen-bond donors (Lipinski definition) is 1. The van der Waals surface area contributed by atoms with Crippen LogP contribution in [0.1, 0.15) is 19.8 Å². The van der Waals surface area contributed by atoms with Gasteiger partial charge in [0.25, 0.3) is 0 Å². The van der Waals surface area contributed by atoms with Gasteiger partial charge in [0, 0.05) is 18.6 Å². The molecule has 0 aromatic rings. The molecular formula is C9H17NO2. The van der Waals surface area contributed by atoms with Crippen LogP contribution >= 0.6 is 0 Å². The first kappa shape index (κ1) is 8.48. The van der Waals surface area contributed by atoms with Gasteiger partial charge in [-0.25, -0.2) is 0 Å². The van der Waals surface area contributed by atoms with E-state index in [9.17, 15) is 0 Å². The minimum Gasteiger partial charge on any atom is -0.395 e. The van der Waals surface area contributed by atoms with Crippen LogP contribution in [0.3, 0.4) is 0 Å². The zero-order valence-corrected chi connectivity index (χ0v) is 7.57. The number of nitrogens with zero attached hydrogens (tertiary/aromatic N) is 1. The predicted molar refractivity (Wildman–Crippen MR) is 46.0 cm³/mol. The Bertz CT molecular complexity index is 157. The Morgan fingerprint density at radius 2 is 2.33 bits per heavy atom. The number of ether oxygens (including phenoxy) is 1. The van der Waals surface area contributed by atoms with E-state index in [0.29, 0.717) is 24.8 Å². The summed E-state index contributed by atoms with van der Waals surface area (Å²) in [6.45, 7) is 4.26. The van der Waals surface area contributed by atoms with E-state index in [1.54, 1.807) is 0 Å². The van der Waals surface area contributed by atoms with Crippen molar-refractivity contribution in [3.05, 3.63) is 0 Å². The molecule has 0 amide bonds. The third-order valence-electron chi connectivity index (χ3n) is 3.02. The van der Waals surface area contributed by atoms with Crippen LogP contribution in [0, 0.1) is 0 Å². The largest absolute Gasteiger partial charge is 0.395 e. The van der Waals surface area contributed by atoms with Gasteiger partial charge in [-0.2, -0.15) is 0 Å². The van der Waals surface area contributed by atoms with Gasteiger partial charge in [-0.05, 0) is 19.8 Å². The summed E-state index contributed by atoms with van der Waals surface area (Å²) in [4.78, 5) is 2.41. The van der Waals surface area contributed by atoms with Crippen LogP contribution < -0.4 is 0 Å². The summed E-state index contributed by atoms with van der Waals surface area (Å²) in [6.07, 6.45) is 2.67. The summed E-state index contributed by atoms with van der Waals surface area (Å²) >= 11 is 0. The normalized spacial score (nSPS) is 43.0.